The number of hydrogen-bond donors (Lipinski definition) is 4. The molecule has 0 aliphatic heterocycles. The third-order valence-corrected chi connectivity index (χ3v) is 2.50. The second-order valence-corrected chi connectivity index (χ2v) is 4.26. The summed E-state index contributed by atoms with van der Waals surface area (Å²) in [6.07, 6.45) is 3.05. The van der Waals surface area contributed by atoms with Crippen LogP contribution in [0, 0.1) is 0 Å². The highest BCUT2D eigenvalue weighted by molar-refractivity contribution is 7.98. The van der Waals surface area contributed by atoms with E-state index >= 15 is 0 Å². The Bertz CT molecular complexity index is 236. The Morgan fingerprint density at radius 1 is 1.62 bits per heavy atom. The minimum Gasteiger partial charge on any atom is -0.480 e. The zero-order chi connectivity index (χ0) is 12.4. The number of thioether (sulfide) groups is 1. The summed E-state index contributed by atoms with van der Waals surface area (Å²) in [7, 11) is 0. The highest BCUT2D eigenvalue weighted by Crippen LogP contribution is 1.94. The summed E-state index contributed by atoms with van der Waals surface area (Å²) in [6, 6.07) is -0.805. The molecule has 0 rings (SSSR count). The van der Waals surface area contributed by atoms with Crippen LogP contribution in [-0.2, 0) is 4.79 Å². The number of carboxylic acids is 1. The van der Waals surface area contributed by atoms with Gasteiger partial charge in [-0.05, 0) is 19.1 Å². The first-order valence-electron chi connectivity index (χ1n) is 5.09. The van der Waals surface area contributed by atoms with Gasteiger partial charge in [-0.25, -0.2) is 0 Å². The Kier molecular flexibility index (Phi) is 8.74. The van der Waals surface area contributed by atoms with E-state index in [0.717, 1.165) is 12.3 Å². The number of carboxylic acid groups (broad SMARTS) is 1. The molecule has 0 bridgehead atoms. The lowest BCUT2D eigenvalue weighted by molar-refractivity contribution is -0.138. The maximum atomic E-state index is 10.4. The van der Waals surface area contributed by atoms with Gasteiger partial charge in [0.2, 0.25) is 0 Å². The van der Waals surface area contributed by atoms with Gasteiger partial charge in [-0.1, -0.05) is 0 Å². The van der Waals surface area contributed by atoms with Crippen molar-refractivity contribution < 1.29 is 9.90 Å². The SMILES string of the molecule is CSCCNC(N)=NCCC[C@H](N)C(=O)O. The maximum Gasteiger partial charge on any atom is 0.320 e. The van der Waals surface area contributed by atoms with Gasteiger partial charge >= 0.3 is 5.97 Å². The second-order valence-electron chi connectivity index (χ2n) is 3.27. The summed E-state index contributed by atoms with van der Waals surface area (Å²) in [4.78, 5) is 14.5. The smallest absolute Gasteiger partial charge is 0.320 e. The first kappa shape index (κ1) is 15.0. The van der Waals surface area contributed by atoms with Crippen molar-refractivity contribution in [1.82, 2.24) is 5.32 Å². The lowest BCUT2D eigenvalue weighted by Crippen LogP contribution is -2.33. The van der Waals surface area contributed by atoms with Crippen LogP contribution in [0.5, 0.6) is 0 Å². The molecule has 16 heavy (non-hydrogen) atoms. The molecule has 0 saturated heterocycles. The molecule has 0 aliphatic rings. The van der Waals surface area contributed by atoms with Gasteiger partial charge in [-0.15, -0.1) is 0 Å². The molecule has 6 nitrogen and oxygen atoms in total. The van der Waals surface area contributed by atoms with Crippen LogP contribution in [0.25, 0.3) is 0 Å². The van der Waals surface area contributed by atoms with Gasteiger partial charge in [0.1, 0.15) is 6.04 Å². The minimum atomic E-state index is -0.977. The van der Waals surface area contributed by atoms with Crippen LogP contribution in [0.3, 0.4) is 0 Å². The van der Waals surface area contributed by atoms with Crippen LogP contribution in [0.2, 0.25) is 0 Å². The largest absolute Gasteiger partial charge is 0.480 e. The van der Waals surface area contributed by atoms with Crippen LogP contribution >= 0.6 is 11.8 Å². The highest BCUT2D eigenvalue weighted by Gasteiger charge is 2.09. The average Bonchev–Trinajstić information content (AvgIpc) is 2.24. The zero-order valence-electron chi connectivity index (χ0n) is 9.48. The first-order valence-corrected chi connectivity index (χ1v) is 6.48. The fourth-order valence-electron chi connectivity index (χ4n) is 0.971. The van der Waals surface area contributed by atoms with Crippen molar-refractivity contribution in [3.05, 3.63) is 0 Å². The number of aliphatic carboxylic acids is 1. The molecular formula is C9H20N4O2S. The molecule has 94 valence electrons. The van der Waals surface area contributed by atoms with Gasteiger partial charge in [0.05, 0.1) is 0 Å². The van der Waals surface area contributed by atoms with E-state index in [1.54, 1.807) is 11.8 Å². The van der Waals surface area contributed by atoms with Crippen LogP contribution < -0.4 is 16.8 Å². The topological polar surface area (TPSA) is 114 Å². The highest BCUT2D eigenvalue weighted by atomic mass is 32.2. The number of rotatable bonds is 8. The van der Waals surface area contributed by atoms with Crippen LogP contribution in [0.4, 0.5) is 0 Å². The molecule has 0 unspecified atom stereocenters. The minimum absolute atomic E-state index is 0.401. The van der Waals surface area contributed by atoms with Crippen LogP contribution in [-0.4, -0.2) is 48.2 Å². The Morgan fingerprint density at radius 2 is 2.31 bits per heavy atom. The van der Waals surface area contributed by atoms with Gasteiger partial charge in [0.25, 0.3) is 0 Å². The van der Waals surface area contributed by atoms with E-state index in [1.807, 2.05) is 6.26 Å². The van der Waals surface area contributed by atoms with Crippen LogP contribution in [0.15, 0.2) is 4.99 Å². The van der Waals surface area contributed by atoms with Crippen LogP contribution in [0.1, 0.15) is 12.8 Å². The number of nitrogens with two attached hydrogens (primary N) is 2. The summed E-state index contributed by atoms with van der Waals surface area (Å²) in [5, 5.41) is 11.5. The molecule has 6 N–H and O–H groups in total. The molecule has 0 saturated carbocycles. The van der Waals surface area contributed by atoms with Gasteiger partial charge in [-0.2, -0.15) is 11.8 Å². The predicted molar refractivity (Wildman–Crippen MR) is 67.7 cm³/mol. The molecule has 0 heterocycles. The summed E-state index contributed by atoms with van der Waals surface area (Å²) < 4.78 is 0. The molecule has 1 atom stereocenters. The van der Waals surface area contributed by atoms with Crippen molar-refractivity contribution in [2.75, 3.05) is 25.1 Å². The van der Waals surface area contributed by atoms with Crippen molar-refractivity contribution in [3.8, 4) is 0 Å². The van der Waals surface area contributed by atoms with Crippen molar-refractivity contribution in [3.63, 3.8) is 0 Å². The van der Waals surface area contributed by atoms with E-state index in [0.29, 0.717) is 25.3 Å². The van der Waals surface area contributed by atoms with E-state index in [-0.39, 0.29) is 0 Å². The van der Waals surface area contributed by atoms with Crippen molar-refractivity contribution in [2.24, 2.45) is 16.5 Å². The Hall–Kier alpha value is -0.950. The molecule has 0 amide bonds. The normalized spacial score (nSPS) is 13.5. The summed E-state index contributed by atoms with van der Waals surface area (Å²) in [5.41, 5.74) is 10.9. The van der Waals surface area contributed by atoms with Crippen molar-refractivity contribution in [1.29, 1.82) is 0 Å². The van der Waals surface area contributed by atoms with Gasteiger partial charge < -0.3 is 21.9 Å². The third kappa shape index (κ3) is 8.37. The molecule has 0 aromatic heterocycles. The predicted octanol–water partition coefficient (Wildman–Crippen LogP) is -0.554. The quantitative estimate of drug-likeness (QED) is 0.260. The Morgan fingerprint density at radius 3 is 2.88 bits per heavy atom. The van der Waals surface area contributed by atoms with Gasteiger partial charge in [0.15, 0.2) is 5.96 Å². The lowest BCUT2D eigenvalue weighted by atomic mass is 10.2. The molecular weight excluding hydrogens is 228 g/mol. The number of aliphatic imine (C=N–C) groups is 1. The van der Waals surface area contributed by atoms with E-state index in [9.17, 15) is 4.79 Å². The number of guanidine groups is 1. The third-order valence-electron chi connectivity index (χ3n) is 1.88. The van der Waals surface area contributed by atoms with E-state index in [1.165, 1.54) is 0 Å². The standard InChI is InChI=1S/C9H20N4O2S/c1-16-6-5-13-9(11)12-4-2-3-7(10)8(14)15/h7H,2-6,10H2,1H3,(H,14,15)(H3,11,12,13)/t7-/m0/s1. The number of nitrogens with one attached hydrogen (secondary N) is 1. The Labute approximate surface area is 99.9 Å². The molecule has 0 radical (unpaired) electrons. The molecule has 7 heteroatoms. The van der Waals surface area contributed by atoms with Gasteiger partial charge in [-0.3, -0.25) is 9.79 Å². The van der Waals surface area contributed by atoms with E-state index < -0.39 is 12.0 Å². The van der Waals surface area contributed by atoms with E-state index in [2.05, 4.69) is 10.3 Å². The summed E-state index contributed by atoms with van der Waals surface area (Å²) in [5.74, 6) is 0.396. The molecule has 0 aromatic carbocycles. The Balaban J connectivity index is 3.54. The summed E-state index contributed by atoms with van der Waals surface area (Å²) in [6.45, 7) is 1.28. The average molecular weight is 248 g/mol. The second kappa shape index (κ2) is 9.29. The first-order chi connectivity index (χ1) is 7.57. The molecule has 0 aliphatic carbocycles. The molecule has 0 spiro atoms. The number of hydrogen-bond acceptors (Lipinski definition) is 4. The summed E-state index contributed by atoms with van der Waals surface area (Å²) >= 11 is 1.72. The van der Waals surface area contributed by atoms with Crippen molar-refractivity contribution >= 4 is 23.7 Å². The van der Waals surface area contributed by atoms with E-state index in [4.69, 9.17) is 16.6 Å². The monoisotopic (exact) mass is 248 g/mol. The van der Waals surface area contributed by atoms with Crippen molar-refractivity contribution in [2.45, 2.75) is 18.9 Å². The fraction of sp³-hybridized carbons (Fsp3) is 0.778. The molecule has 0 aromatic rings. The number of nitrogens with zero attached hydrogens (tertiary/aromatic N) is 1. The fourth-order valence-corrected chi connectivity index (χ4v) is 1.28. The van der Waals surface area contributed by atoms with Gasteiger partial charge in [0, 0.05) is 18.8 Å². The lowest BCUT2D eigenvalue weighted by Gasteiger charge is -2.05. The maximum absolute atomic E-state index is 10.4. The molecule has 0 fully saturated rings. The zero-order valence-corrected chi connectivity index (χ0v) is 10.3. The number of carbonyl (C=O) groups is 1.